The van der Waals surface area contributed by atoms with E-state index >= 15 is 0 Å². The molecule has 0 spiro atoms. The number of anilines is 1. The van der Waals surface area contributed by atoms with Crippen LogP contribution in [0.3, 0.4) is 0 Å². The number of nitrogens with zero attached hydrogens (tertiary/aromatic N) is 4. The van der Waals surface area contributed by atoms with Crippen LogP contribution in [0.4, 0.5) is 5.13 Å². The molecule has 1 amide bonds. The third-order valence-electron chi connectivity index (χ3n) is 2.58. The summed E-state index contributed by atoms with van der Waals surface area (Å²) in [5.74, 6) is 0.394. The van der Waals surface area contributed by atoms with Crippen molar-refractivity contribution in [1.29, 1.82) is 0 Å². The van der Waals surface area contributed by atoms with E-state index in [1.165, 1.54) is 34.9 Å². The molecule has 118 valence electrons. The number of nitrogens with one attached hydrogen (secondary N) is 1. The van der Waals surface area contributed by atoms with E-state index in [2.05, 4.69) is 25.7 Å². The minimum absolute atomic E-state index is 0.157. The topological polar surface area (TPSA) is 93.8 Å². The van der Waals surface area contributed by atoms with Gasteiger partial charge in [-0.25, -0.2) is 0 Å². The molecule has 0 unspecified atom stereocenters. The fraction of sp³-hybridized carbons (Fsp3) is 0.154. The maximum atomic E-state index is 11.9. The zero-order valence-electron chi connectivity index (χ0n) is 11.9. The van der Waals surface area contributed by atoms with Crippen LogP contribution in [-0.4, -0.2) is 38.3 Å². The molecule has 2 aromatic heterocycles. The molecule has 0 fully saturated rings. The first-order chi connectivity index (χ1) is 11.2. The summed E-state index contributed by atoms with van der Waals surface area (Å²) in [5, 5.41) is 19.2. The highest BCUT2D eigenvalue weighted by Gasteiger charge is 2.12. The highest BCUT2D eigenvalue weighted by Crippen LogP contribution is 2.25. The highest BCUT2D eigenvalue weighted by molar-refractivity contribution is 8.00. The molecule has 0 radical (unpaired) electrons. The monoisotopic (exact) mass is 365 g/mol. The quantitative estimate of drug-likeness (QED) is 0.526. The molecule has 0 bridgehead atoms. The third-order valence-corrected chi connectivity index (χ3v) is 5.21. The van der Waals surface area contributed by atoms with Crippen molar-refractivity contribution in [1.82, 2.24) is 20.4 Å². The SMILES string of the molecule is CSc1nnc(NC(=O)CSc2nnc(-c3ccccc3)o2)s1. The fourth-order valence-electron chi connectivity index (χ4n) is 1.59. The normalized spacial score (nSPS) is 10.7. The van der Waals surface area contributed by atoms with Gasteiger partial charge in [0.25, 0.3) is 5.22 Å². The molecule has 1 aromatic carbocycles. The average Bonchev–Trinajstić information content (AvgIpc) is 3.23. The smallest absolute Gasteiger partial charge is 0.277 e. The maximum absolute atomic E-state index is 11.9. The Kier molecular flexibility index (Phi) is 5.26. The van der Waals surface area contributed by atoms with Gasteiger partial charge >= 0.3 is 0 Å². The number of amides is 1. The number of hydrogen-bond donors (Lipinski definition) is 1. The number of carbonyl (C=O) groups excluding carboxylic acids is 1. The van der Waals surface area contributed by atoms with Gasteiger partial charge in [-0.15, -0.1) is 20.4 Å². The van der Waals surface area contributed by atoms with Crippen molar-refractivity contribution in [2.75, 3.05) is 17.3 Å². The molecule has 0 saturated heterocycles. The molecule has 7 nitrogen and oxygen atoms in total. The summed E-state index contributed by atoms with van der Waals surface area (Å²) in [6.45, 7) is 0. The minimum atomic E-state index is -0.196. The van der Waals surface area contributed by atoms with Gasteiger partial charge in [0.15, 0.2) is 4.34 Å². The van der Waals surface area contributed by atoms with E-state index in [4.69, 9.17) is 4.42 Å². The second-order valence-corrected chi connectivity index (χ2v) is 7.11. The first-order valence-corrected chi connectivity index (χ1v) is 9.46. The Bertz CT molecular complexity index is 790. The third kappa shape index (κ3) is 4.30. The van der Waals surface area contributed by atoms with Crippen LogP contribution >= 0.6 is 34.9 Å². The van der Waals surface area contributed by atoms with Gasteiger partial charge in [-0.1, -0.05) is 53.1 Å². The average molecular weight is 365 g/mol. The van der Waals surface area contributed by atoms with E-state index in [1.54, 1.807) is 0 Å². The maximum Gasteiger partial charge on any atom is 0.277 e. The molecule has 1 N–H and O–H groups in total. The Hall–Kier alpha value is -1.91. The predicted octanol–water partition coefficient (Wildman–Crippen LogP) is 3.04. The summed E-state index contributed by atoms with van der Waals surface area (Å²) in [6.07, 6.45) is 1.90. The van der Waals surface area contributed by atoms with Gasteiger partial charge in [-0.05, 0) is 18.4 Å². The zero-order valence-corrected chi connectivity index (χ0v) is 14.4. The molecule has 3 rings (SSSR count). The van der Waals surface area contributed by atoms with Gasteiger partial charge in [0.2, 0.25) is 16.9 Å². The Labute approximate surface area is 144 Å². The summed E-state index contributed by atoms with van der Waals surface area (Å²) < 4.78 is 6.33. The summed E-state index contributed by atoms with van der Waals surface area (Å²) in [4.78, 5) is 11.9. The van der Waals surface area contributed by atoms with Gasteiger partial charge < -0.3 is 4.42 Å². The van der Waals surface area contributed by atoms with Gasteiger partial charge in [-0.3, -0.25) is 10.1 Å². The van der Waals surface area contributed by atoms with E-state index < -0.39 is 0 Å². The van der Waals surface area contributed by atoms with Crippen molar-refractivity contribution < 1.29 is 9.21 Å². The van der Waals surface area contributed by atoms with Crippen LogP contribution in [0.15, 0.2) is 44.3 Å². The van der Waals surface area contributed by atoms with E-state index in [-0.39, 0.29) is 11.7 Å². The first kappa shape index (κ1) is 16.0. The zero-order chi connectivity index (χ0) is 16.1. The summed E-state index contributed by atoms with van der Waals surface area (Å²) in [5.41, 5.74) is 0.842. The van der Waals surface area contributed by atoms with Crippen molar-refractivity contribution in [2.45, 2.75) is 9.56 Å². The lowest BCUT2D eigenvalue weighted by molar-refractivity contribution is -0.113. The molecule has 0 saturated carbocycles. The number of carbonyl (C=O) groups is 1. The number of thioether (sulfide) groups is 2. The standard InChI is InChI=1S/C13H11N5O2S3/c1-21-13-18-16-11(23-13)14-9(19)7-22-12-17-15-10(20-12)8-5-3-2-4-6-8/h2-6H,7H2,1H3,(H,14,16,19). The molecule has 0 atom stereocenters. The van der Waals surface area contributed by atoms with E-state index in [9.17, 15) is 4.79 Å². The van der Waals surface area contributed by atoms with Gasteiger partial charge in [0.1, 0.15) is 0 Å². The number of hydrogen-bond acceptors (Lipinski definition) is 9. The summed E-state index contributed by atoms with van der Waals surface area (Å²) >= 11 is 3.99. The lowest BCUT2D eigenvalue weighted by atomic mass is 10.2. The fourth-order valence-corrected chi connectivity index (χ4v) is 3.34. The molecule has 0 aliphatic carbocycles. The van der Waals surface area contributed by atoms with E-state index in [0.29, 0.717) is 16.2 Å². The largest absolute Gasteiger partial charge is 0.411 e. The molecule has 3 aromatic rings. The molecular weight excluding hydrogens is 354 g/mol. The molecular formula is C13H11N5O2S3. The second-order valence-electron chi connectivity index (χ2n) is 4.15. The number of benzene rings is 1. The molecule has 0 aliphatic rings. The van der Waals surface area contributed by atoms with Crippen LogP contribution in [-0.2, 0) is 4.79 Å². The van der Waals surface area contributed by atoms with Crippen molar-refractivity contribution in [3.63, 3.8) is 0 Å². The molecule has 0 aliphatic heterocycles. The summed E-state index contributed by atoms with van der Waals surface area (Å²) in [6, 6.07) is 9.46. The van der Waals surface area contributed by atoms with E-state index in [0.717, 1.165) is 9.90 Å². The van der Waals surface area contributed by atoms with Crippen LogP contribution < -0.4 is 5.32 Å². The van der Waals surface area contributed by atoms with Crippen molar-refractivity contribution >= 4 is 45.9 Å². The molecule has 2 heterocycles. The summed E-state index contributed by atoms with van der Waals surface area (Å²) in [7, 11) is 0. The Morgan fingerprint density at radius 1 is 1.22 bits per heavy atom. The van der Waals surface area contributed by atoms with Crippen LogP contribution in [0.2, 0.25) is 0 Å². The Morgan fingerprint density at radius 3 is 2.78 bits per heavy atom. The van der Waals surface area contributed by atoms with Gasteiger partial charge in [0, 0.05) is 5.56 Å². The number of aromatic nitrogens is 4. The first-order valence-electron chi connectivity index (χ1n) is 6.43. The molecule has 10 heteroatoms. The Morgan fingerprint density at radius 2 is 2.04 bits per heavy atom. The van der Waals surface area contributed by atoms with E-state index in [1.807, 2.05) is 36.6 Å². The van der Waals surface area contributed by atoms with Crippen molar-refractivity contribution in [2.24, 2.45) is 0 Å². The lowest BCUT2D eigenvalue weighted by Gasteiger charge is -1.98. The van der Waals surface area contributed by atoms with Crippen LogP contribution in [0.1, 0.15) is 0 Å². The number of rotatable bonds is 6. The Balaban J connectivity index is 1.54. The van der Waals surface area contributed by atoms with Crippen molar-refractivity contribution in [3.05, 3.63) is 30.3 Å². The van der Waals surface area contributed by atoms with Crippen LogP contribution in [0.5, 0.6) is 0 Å². The van der Waals surface area contributed by atoms with Gasteiger partial charge in [-0.2, -0.15) is 0 Å². The lowest BCUT2D eigenvalue weighted by Crippen LogP contribution is -2.13. The van der Waals surface area contributed by atoms with Crippen LogP contribution in [0.25, 0.3) is 11.5 Å². The van der Waals surface area contributed by atoms with Crippen molar-refractivity contribution in [3.8, 4) is 11.5 Å². The molecule has 23 heavy (non-hydrogen) atoms. The minimum Gasteiger partial charge on any atom is -0.411 e. The van der Waals surface area contributed by atoms with Gasteiger partial charge in [0.05, 0.1) is 5.75 Å². The predicted molar refractivity (Wildman–Crippen MR) is 90.8 cm³/mol. The second kappa shape index (κ2) is 7.57. The highest BCUT2D eigenvalue weighted by atomic mass is 32.2. The van der Waals surface area contributed by atoms with Crippen LogP contribution in [0, 0.1) is 0 Å².